The van der Waals surface area contributed by atoms with Gasteiger partial charge in [0.05, 0.1) is 6.26 Å². The number of hydrogen-bond acceptors (Lipinski definition) is 7. The van der Waals surface area contributed by atoms with Crippen LogP contribution in [0.5, 0.6) is 0 Å². The maximum atomic E-state index is 11.6. The normalized spacial score (nSPS) is 16.0. The summed E-state index contributed by atoms with van der Waals surface area (Å²) in [7, 11) is -3.11. The zero-order chi connectivity index (χ0) is 19.0. The van der Waals surface area contributed by atoms with E-state index in [-0.39, 0.29) is 0 Å². The Morgan fingerprint density at radius 2 is 1.78 bits per heavy atom. The Morgan fingerprint density at radius 3 is 2.44 bits per heavy atom. The molecule has 0 amide bonds. The van der Waals surface area contributed by atoms with Crippen LogP contribution in [-0.2, 0) is 10.0 Å². The minimum absolute atomic E-state index is 0.513. The lowest BCUT2D eigenvalue weighted by atomic mass is 10.2. The van der Waals surface area contributed by atoms with Gasteiger partial charge in [-0.2, -0.15) is 18.9 Å². The summed E-state index contributed by atoms with van der Waals surface area (Å²) >= 11 is 0. The second-order valence-electron chi connectivity index (χ2n) is 6.58. The Hall–Kier alpha value is -2.72. The third-order valence-corrected chi connectivity index (χ3v) is 5.90. The smallest absolute Gasteiger partial charge is 0.254 e. The van der Waals surface area contributed by atoms with Crippen LogP contribution >= 0.6 is 0 Å². The summed E-state index contributed by atoms with van der Waals surface area (Å²) in [5.74, 6) is 1.35. The van der Waals surface area contributed by atoms with E-state index in [1.165, 1.54) is 16.9 Å². The Kier molecular flexibility index (Phi) is 4.44. The summed E-state index contributed by atoms with van der Waals surface area (Å²) in [5, 5.41) is 7.54. The second-order valence-corrected chi connectivity index (χ2v) is 8.56. The average molecular weight is 387 g/mol. The van der Waals surface area contributed by atoms with Crippen molar-refractivity contribution >= 4 is 33.0 Å². The molecule has 9 nitrogen and oxygen atoms in total. The topological polar surface area (TPSA) is 95.7 Å². The van der Waals surface area contributed by atoms with Crippen molar-refractivity contribution in [1.82, 2.24) is 23.9 Å². The predicted octanol–water partition coefficient (Wildman–Crippen LogP) is 1.26. The van der Waals surface area contributed by atoms with Crippen LogP contribution in [0.3, 0.4) is 0 Å². The molecule has 1 aliphatic heterocycles. The SMILES string of the molecule is Cc1cc(Nc2ccc(N3CCN(S(C)(=O)=O)CC3)cc2)n2ncnc2n1. The highest BCUT2D eigenvalue weighted by Gasteiger charge is 2.23. The van der Waals surface area contributed by atoms with Gasteiger partial charge in [-0.15, -0.1) is 0 Å². The number of sulfonamides is 1. The molecule has 0 unspecified atom stereocenters. The number of nitrogens with one attached hydrogen (secondary N) is 1. The monoisotopic (exact) mass is 387 g/mol. The fourth-order valence-corrected chi connectivity index (χ4v) is 4.03. The maximum Gasteiger partial charge on any atom is 0.254 e. The highest BCUT2D eigenvalue weighted by atomic mass is 32.2. The fraction of sp³-hybridized carbons (Fsp3) is 0.353. The molecule has 0 radical (unpaired) electrons. The lowest BCUT2D eigenvalue weighted by Crippen LogP contribution is -2.48. The van der Waals surface area contributed by atoms with Crippen LogP contribution in [-0.4, -0.2) is 64.7 Å². The summed E-state index contributed by atoms with van der Waals surface area (Å²) in [6.07, 6.45) is 2.74. The van der Waals surface area contributed by atoms with E-state index in [9.17, 15) is 8.42 Å². The molecule has 0 aliphatic carbocycles. The first-order valence-electron chi connectivity index (χ1n) is 8.65. The molecule has 3 heterocycles. The Morgan fingerprint density at radius 1 is 1.07 bits per heavy atom. The minimum Gasteiger partial charge on any atom is -0.369 e. The van der Waals surface area contributed by atoms with Crippen LogP contribution in [0.15, 0.2) is 36.7 Å². The first kappa shape index (κ1) is 17.7. The van der Waals surface area contributed by atoms with Crippen LogP contribution in [0.4, 0.5) is 17.2 Å². The van der Waals surface area contributed by atoms with E-state index >= 15 is 0 Å². The number of nitrogens with zero attached hydrogens (tertiary/aromatic N) is 6. The van der Waals surface area contributed by atoms with Crippen LogP contribution in [0.1, 0.15) is 5.69 Å². The number of piperazine rings is 1. The third kappa shape index (κ3) is 3.71. The molecule has 1 N–H and O–H groups in total. The lowest BCUT2D eigenvalue weighted by Gasteiger charge is -2.34. The fourth-order valence-electron chi connectivity index (χ4n) is 3.20. The average Bonchev–Trinajstić information content (AvgIpc) is 3.10. The summed E-state index contributed by atoms with van der Waals surface area (Å²) in [4.78, 5) is 10.7. The van der Waals surface area contributed by atoms with Gasteiger partial charge < -0.3 is 10.2 Å². The van der Waals surface area contributed by atoms with Gasteiger partial charge in [-0.25, -0.2) is 13.4 Å². The van der Waals surface area contributed by atoms with E-state index < -0.39 is 10.0 Å². The van der Waals surface area contributed by atoms with Gasteiger partial charge in [-0.3, -0.25) is 0 Å². The van der Waals surface area contributed by atoms with Crippen molar-refractivity contribution in [2.24, 2.45) is 0 Å². The van der Waals surface area contributed by atoms with Gasteiger partial charge in [-0.05, 0) is 31.2 Å². The molecule has 142 valence electrons. The summed E-state index contributed by atoms with van der Waals surface area (Å²) < 4.78 is 26.4. The number of hydrogen-bond donors (Lipinski definition) is 1. The largest absolute Gasteiger partial charge is 0.369 e. The molecule has 1 aromatic carbocycles. The van der Waals surface area contributed by atoms with Gasteiger partial charge in [-0.1, -0.05) is 0 Å². The number of rotatable bonds is 4. The highest BCUT2D eigenvalue weighted by molar-refractivity contribution is 7.88. The van der Waals surface area contributed by atoms with Crippen molar-refractivity contribution in [3.63, 3.8) is 0 Å². The minimum atomic E-state index is -3.11. The zero-order valence-electron chi connectivity index (χ0n) is 15.2. The molecule has 0 spiro atoms. The Bertz CT molecular complexity index is 1050. The van der Waals surface area contributed by atoms with Gasteiger partial charge in [0.2, 0.25) is 10.0 Å². The first-order chi connectivity index (χ1) is 12.9. The van der Waals surface area contributed by atoms with Crippen molar-refractivity contribution < 1.29 is 8.42 Å². The van der Waals surface area contributed by atoms with E-state index in [1.807, 2.05) is 37.3 Å². The van der Waals surface area contributed by atoms with E-state index in [0.717, 1.165) is 22.9 Å². The third-order valence-electron chi connectivity index (χ3n) is 4.59. The molecule has 4 rings (SSSR count). The molecule has 0 atom stereocenters. The maximum absolute atomic E-state index is 11.6. The number of anilines is 3. The van der Waals surface area contributed by atoms with Gasteiger partial charge in [0, 0.05) is 49.3 Å². The van der Waals surface area contributed by atoms with E-state index in [0.29, 0.717) is 32.0 Å². The van der Waals surface area contributed by atoms with Crippen LogP contribution in [0.2, 0.25) is 0 Å². The molecule has 0 saturated carbocycles. The molecule has 1 aliphatic rings. The number of benzene rings is 1. The van der Waals surface area contributed by atoms with Crippen molar-refractivity contribution in [3.8, 4) is 0 Å². The number of fused-ring (bicyclic) bond motifs is 1. The summed E-state index contributed by atoms with van der Waals surface area (Å²) in [6.45, 7) is 4.31. The number of aromatic nitrogens is 4. The molecule has 1 saturated heterocycles. The van der Waals surface area contributed by atoms with E-state index in [4.69, 9.17) is 0 Å². The van der Waals surface area contributed by atoms with E-state index in [1.54, 1.807) is 4.52 Å². The molecule has 3 aromatic rings. The Balaban J connectivity index is 1.47. The standard InChI is InChI=1S/C17H21N7O2S/c1-13-11-16(24-17(20-13)18-12-19-24)21-14-3-5-15(6-4-14)22-7-9-23(10-8-22)27(2,25)26/h3-6,11-12,21H,7-10H2,1-2H3. The van der Waals surface area contributed by atoms with Crippen molar-refractivity contribution in [2.75, 3.05) is 42.7 Å². The van der Waals surface area contributed by atoms with Gasteiger partial charge in [0.1, 0.15) is 12.1 Å². The molecule has 1 fully saturated rings. The van der Waals surface area contributed by atoms with Crippen molar-refractivity contribution in [3.05, 3.63) is 42.4 Å². The number of aryl methyl sites for hydroxylation is 1. The first-order valence-corrected chi connectivity index (χ1v) is 10.5. The van der Waals surface area contributed by atoms with Crippen molar-refractivity contribution in [2.45, 2.75) is 6.92 Å². The quantitative estimate of drug-likeness (QED) is 0.720. The zero-order valence-corrected chi connectivity index (χ0v) is 16.0. The highest BCUT2D eigenvalue weighted by Crippen LogP contribution is 2.23. The molecular weight excluding hydrogens is 366 g/mol. The van der Waals surface area contributed by atoms with Crippen LogP contribution < -0.4 is 10.2 Å². The molecule has 2 aromatic heterocycles. The van der Waals surface area contributed by atoms with Crippen LogP contribution in [0, 0.1) is 6.92 Å². The van der Waals surface area contributed by atoms with Crippen molar-refractivity contribution in [1.29, 1.82) is 0 Å². The summed E-state index contributed by atoms with van der Waals surface area (Å²) in [5.41, 5.74) is 2.86. The second kappa shape index (κ2) is 6.78. The molecular formula is C17H21N7O2S. The van der Waals surface area contributed by atoms with Crippen LogP contribution in [0.25, 0.3) is 5.78 Å². The lowest BCUT2D eigenvalue weighted by molar-refractivity contribution is 0.388. The molecule has 10 heteroatoms. The van der Waals surface area contributed by atoms with E-state index in [2.05, 4.69) is 25.3 Å². The predicted molar refractivity (Wildman–Crippen MR) is 104 cm³/mol. The van der Waals surface area contributed by atoms with Gasteiger partial charge >= 0.3 is 0 Å². The van der Waals surface area contributed by atoms with Gasteiger partial charge in [0.15, 0.2) is 0 Å². The Labute approximate surface area is 157 Å². The molecule has 27 heavy (non-hydrogen) atoms. The summed E-state index contributed by atoms with van der Waals surface area (Å²) in [6, 6.07) is 9.98. The molecule has 0 bridgehead atoms. The van der Waals surface area contributed by atoms with Gasteiger partial charge in [0.25, 0.3) is 5.78 Å².